The van der Waals surface area contributed by atoms with E-state index in [-0.39, 0.29) is 32.0 Å². The molecule has 2 heterocycles. The van der Waals surface area contributed by atoms with Crippen molar-refractivity contribution in [3.05, 3.63) is 11.6 Å². The number of alkyl halides is 3. The minimum Gasteiger partial charge on any atom is -0.447 e. The second-order valence-electron chi connectivity index (χ2n) is 6.61. The lowest BCUT2D eigenvalue weighted by Crippen LogP contribution is -2.33. The molecular weight excluding hydrogens is 325 g/mol. The zero-order valence-electron chi connectivity index (χ0n) is 14.1. The second-order valence-corrected chi connectivity index (χ2v) is 6.61. The molecule has 0 bridgehead atoms. The van der Waals surface area contributed by atoms with Crippen molar-refractivity contribution in [3.8, 4) is 0 Å². The molecule has 0 aliphatic carbocycles. The molecule has 9 heteroatoms. The van der Waals surface area contributed by atoms with Crippen LogP contribution in [0.4, 0.5) is 18.0 Å². The molecule has 1 aromatic heterocycles. The summed E-state index contributed by atoms with van der Waals surface area (Å²) in [5.74, 6) is -0.212. The number of nitrogens with one attached hydrogen (secondary N) is 1. The number of alkyl carbamates (subject to hydrolysis) is 1. The minimum absolute atomic E-state index is 0.00257. The lowest BCUT2D eigenvalue weighted by molar-refractivity contribution is -0.179. The smallest absolute Gasteiger partial charge is 0.407 e. The molecule has 0 saturated heterocycles. The van der Waals surface area contributed by atoms with E-state index in [1.54, 1.807) is 4.57 Å². The van der Waals surface area contributed by atoms with Crippen LogP contribution in [0.1, 0.15) is 45.3 Å². The molecule has 2 rings (SSSR count). The van der Waals surface area contributed by atoms with E-state index < -0.39 is 18.2 Å². The number of rotatable bonds is 5. The standard InChI is InChI=1S/C15H23F3N4O2/c1-9(2)6-10(3)24-14(23)19-8-13-21-20-12-7-11(15(16,17)18)4-5-22(12)13/h9-11H,4-8H2,1-3H3,(H,19,23). The topological polar surface area (TPSA) is 69.0 Å². The predicted octanol–water partition coefficient (Wildman–Crippen LogP) is 3.06. The highest BCUT2D eigenvalue weighted by atomic mass is 19.4. The first-order chi connectivity index (χ1) is 11.2. The van der Waals surface area contributed by atoms with Crippen LogP contribution in [-0.2, 0) is 24.2 Å². The third-order valence-corrected chi connectivity index (χ3v) is 4.00. The van der Waals surface area contributed by atoms with E-state index >= 15 is 0 Å². The fourth-order valence-corrected chi connectivity index (χ4v) is 2.89. The van der Waals surface area contributed by atoms with Gasteiger partial charge in [-0.2, -0.15) is 13.2 Å². The van der Waals surface area contributed by atoms with Crippen LogP contribution < -0.4 is 5.32 Å². The highest BCUT2D eigenvalue weighted by Crippen LogP contribution is 2.34. The summed E-state index contributed by atoms with van der Waals surface area (Å²) in [5, 5.41) is 10.3. The molecule has 1 aromatic rings. The maximum atomic E-state index is 12.8. The number of nitrogens with zero attached hydrogens (tertiary/aromatic N) is 3. The molecule has 1 aliphatic rings. The zero-order valence-corrected chi connectivity index (χ0v) is 14.1. The van der Waals surface area contributed by atoms with Crippen molar-refractivity contribution >= 4 is 6.09 Å². The van der Waals surface area contributed by atoms with Gasteiger partial charge in [-0.15, -0.1) is 10.2 Å². The Morgan fingerprint density at radius 3 is 2.71 bits per heavy atom. The van der Waals surface area contributed by atoms with E-state index in [0.29, 0.717) is 17.6 Å². The molecule has 0 saturated carbocycles. The Morgan fingerprint density at radius 2 is 2.08 bits per heavy atom. The summed E-state index contributed by atoms with van der Waals surface area (Å²) < 4.78 is 45.2. The SMILES string of the molecule is CC(C)CC(C)OC(=O)NCc1nnc2n1CCC(C(F)(F)F)C2. The summed E-state index contributed by atoms with van der Waals surface area (Å²) in [6.45, 7) is 6.16. The number of ether oxygens (including phenoxy) is 1. The molecule has 1 aliphatic heterocycles. The number of fused-ring (bicyclic) bond motifs is 1. The van der Waals surface area contributed by atoms with E-state index in [0.717, 1.165) is 6.42 Å². The maximum Gasteiger partial charge on any atom is 0.407 e. The molecule has 1 amide bonds. The number of hydrogen-bond acceptors (Lipinski definition) is 4. The monoisotopic (exact) mass is 348 g/mol. The number of aromatic nitrogens is 3. The zero-order chi connectivity index (χ0) is 17.9. The summed E-state index contributed by atoms with van der Waals surface area (Å²) >= 11 is 0. The van der Waals surface area contributed by atoms with Crippen LogP contribution in [-0.4, -0.2) is 33.1 Å². The van der Waals surface area contributed by atoms with Crippen molar-refractivity contribution in [1.29, 1.82) is 0 Å². The van der Waals surface area contributed by atoms with Crippen LogP contribution in [0.3, 0.4) is 0 Å². The summed E-state index contributed by atoms with van der Waals surface area (Å²) in [4.78, 5) is 11.7. The maximum absolute atomic E-state index is 12.8. The van der Waals surface area contributed by atoms with Gasteiger partial charge < -0.3 is 14.6 Å². The van der Waals surface area contributed by atoms with E-state index in [2.05, 4.69) is 15.5 Å². The van der Waals surface area contributed by atoms with Crippen molar-refractivity contribution in [2.45, 2.75) is 65.4 Å². The second kappa shape index (κ2) is 7.40. The molecule has 6 nitrogen and oxygen atoms in total. The summed E-state index contributed by atoms with van der Waals surface area (Å²) in [6, 6.07) is 0. The number of halogens is 3. The molecule has 0 spiro atoms. The van der Waals surface area contributed by atoms with Gasteiger partial charge in [-0.1, -0.05) is 13.8 Å². The lowest BCUT2D eigenvalue weighted by atomic mass is 9.97. The van der Waals surface area contributed by atoms with Crippen molar-refractivity contribution < 1.29 is 22.7 Å². The van der Waals surface area contributed by atoms with Gasteiger partial charge in [0.1, 0.15) is 11.9 Å². The first-order valence-electron chi connectivity index (χ1n) is 8.09. The highest BCUT2D eigenvalue weighted by molar-refractivity contribution is 5.67. The normalized spacial score (nSPS) is 19.0. The lowest BCUT2D eigenvalue weighted by Gasteiger charge is -2.25. The van der Waals surface area contributed by atoms with Gasteiger partial charge >= 0.3 is 12.3 Å². The molecule has 2 atom stereocenters. The molecule has 0 radical (unpaired) electrons. The van der Waals surface area contributed by atoms with Crippen molar-refractivity contribution in [1.82, 2.24) is 20.1 Å². The van der Waals surface area contributed by atoms with Gasteiger partial charge in [0.05, 0.1) is 12.5 Å². The number of amides is 1. The fraction of sp³-hybridized carbons (Fsp3) is 0.800. The number of carbonyl (C=O) groups excluding carboxylic acids is 1. The van der Waals surface area contributed by atoms with Gasteiger partial charge in [0.15, 0.2) is 5.82 Å². The Morgan fingerprint density at radius 1 is 1.38 bits per heavy atom. The Bertz CT molecular complexity index is 572. The average molecular weight is 348 g/mol. The van der Waals surface area contributed by atoms with Crippen LogP contribution in [0.2, 0.25) is 0 Å². The summed E-state index contributed by atoms with van der Waals surface area (Å²) in [7, 11) is 0. The first kappa shape index (κ1) is 18.5. The van der Waals surface area contributed by atoms with Gasteiger partial charge in [0.2, 0.25) is 0 Å². The van der Waals surface area contributed by atoms with Gasteiger partial charge in [0, 0.05) is 13.0 Å². The minimum atomic E-state index is -4.22. The van der Waals surface area contributed by atoms with Crippen molar-refractivity contribution in [2.75, 3.05) is 0 Å². The molecule has 2 unspecified atom stereocenters. The number of hydrogen-bond donors (Lipinski definition) is 1. The average Bonchev–Trinajstić information content (AvgIpc) is 2.85. The quantitative estimate of drug-likeness (QED) is 0.888. The van der Waals surface area contributed by atoms with Crippen LogP contribution >= 0.6 is 0 Å². The highest BCUT2D eigenvalue weighted by Gasteiger charge is 2.42. The molecule has 24 heavy (non-hydrogen) atoms. The number of carbonyl (C=O) groups is 1. The van der Waals surface area contributed by atoms with Gasteiger partial charge in [-0.05, 0) is 25.7 Å². The molecular formula is C15H23F3N4O2. The largest absolute Gasteiger partial charge is 0.447 e. The summed E-state index contributed by atoms with van der Waals surface area (Å²) in [6.07, 6.45) is -4.41. The van der Waals surface area contributed by atoms with E-state index in [1.807, 2.05) is 20.8 Å². The van der Waals surface area contributed by atoms with Crippen LogP contribution in [0.25, 0.3) is 0 Å². The van der Waals surface area contributed by atoms with Crippen molar-refractivity contribution in [2.24, 2.45) is 11.8 Å². The third kappa shape index (κ3) is 4.85. The van der Waals surface area contributed by atoms with Gasteiger partial charge in [-0.25, -0.2) is 4.79 Å². The Kier molecular flexibility index (Phi) is 5.71. The van der Waals surface area contributed by atoms with Gasteiger partial charge in [-0.3, -0.25) is 0 Å². The Hall–Kier alpha value is -1.80. The van der Waals surface area contributed by atoms with Crippen LogP contribution in [0.5, 0.6) is 0 Å². The molecule has 0 fully saturated rings. The first-order valence-corrected chi connectivity index (χ1v) is 8.09. The van der Waals surface area contributed by atoms with E-state index in [1.165, 1.54) is 0 Å². The molecule has 136 valence electrons. The third-order valence-electron chi connectivity index (χ3n) is 4.00. The van der Waals surface area contributed by atoms with Crippen LogP contribution in [0, 0.1) is 11.8 Å². The molecule has 1 N–H and O–H groups in total. The summed E-state index contributed by atoms with van der Waals surface area (Å²) in [5.41, 5.74) is 0. The Balaban J connectivity index is 1.87. The fourth-order valence-electron chi connectivity index (χ4n) is 2.89. The molecule has 0 aromatic carbocycles. The van der Waals surface area contributed by atoms with Crippen molar-refractivity contribution in [3.63, 3.8) is 0 Å². The van der Waals surface area contributed by atoms with E-state index in [9.17, 15) is 18.0 Å². The van der Waals surface area contributed by atoms with Gasteiger partial charge in [0.25, 0.3) is 0 Å². The predicted molar refractivity (Wildman–Crippen MR) is 80.1 cm³/mol. The Labute approximate surface area is 138 Å². The van der Waals surface area contributed by atoms with Crippen LogP contribution in [0.15, 0.2) is 0 Å². The van der Waals surface area contributed by atoms with E-state index in [4.69, 9.17) is 4.74 Å².